The fraction of sp³-hybridized carbons (Fsp3) is 0.556. The number of nitrogens with two attached hydrogens (primary N) is 1. The van der Waals surface area contributed by atoms with Crippen molar-refractivity contribution >= 4 is 23.0 Å². The van der Waals surface area contributed by atoms with Gasteiger partial charge in [0.05, 0.1) is 25.1 Å². The average molecular weight is 600 g/mol. The molecule has 42 heavy (non-hydrogen) atoms. The molecule has 1 aliphatic carbocycles. The second kappa shape index (κ2) is 11.2. The number of alkyl halides is 5. The number of rotatable bonds is 9. The first kappa shape index (κ1) is 29.7. The molecular weight excluding hydrogens is 569 g/mol. The zero-order valence-corrected chi connectivity index (χ0v) is 22.8. The Hall–Kier alpha value is -3.75. The number of nitrogens with zero attached hydrogens (tertiary/aromatic N) is 3. The molecule has 4 atom stereocenters. The molecule has 1 saturated heterocycles. The van der Waals surface area contributed by atoms with E-state index in [9.17, 15) is 31.5 Å². The highest BCUT2D eigenvalue weighted by Gasteiger charge is 2.49. The molecule has 228 valence electrons. The number of carbonyl (C=O) groups is 2. The molecule has 0 radical (unpaired) electrons. The number of oxazole rings is 1. The fourth-order valence-corrected chi connectivity index (χ4v) is 5.96. The van der Waals surface area contributed by atoms with Gasteiger partial charge in [-0.3, -0.25) is 4.79 Å². The molecule has 3 N–H and O–H groups in total. The van der Waals surface area contributed by atoms with Gasteiger partial charge in [0, 0.05) is 25.5 Å². The summed E-state index contributed by atoms with van der Waals surface area (Å²) in [4.78, 5) is 30.1. The minimum absolute atomic E-state index is 0.0612. The summed E-state index contributed by atoms with van der Waals surface area (Å²) in [6, 6.07) is 0.890. The summed E-state index contributed by atoms with van der Waals surface area (Å²) in [5.41, 5.74) is 6.75. The van der Waals surface area contributed by atoms with Crippen LogP contribution in [-0.2, 0) is 11.2 Å². The summed E-state index contributed by atoms with van der Waals surface area (Å²) < 4.78 is 85.9. The number of fused-ring (bicyclic) bond motifs is 1. The number of benzene rings is 1. The van der Waals surface area contributed by atoms with E-state index in [1.165, 1.54) is 7.11 Å². The van der Waals surface area contributed by atoms with Gasteiger partial charge >= 0.3 is 12.2 Å². The molecule has 0 bridgehead atoms. The maximum atomic E-state index is 14.6. The fourth-order valence-electron chi connectivity index (χ4n) is 5.96. The van der Waals surface area contributed by atoms with Gasteiger partial charge in [0.1, 0.15) is 11.6 Å². The maximum absolute atomic E-state index is 14.6. The van der Waals surface area contributed by atoms with Gasteiger partial charge in [0.25, 0.3) is 5.91 Å². The zero-order valence-electron chi connectivity index (χ0n) is 22.8. The van der Waals surface area contributed by atoms with E-state index in [1.807, 2.05) is 5.32 Å². The molecule has 4 unspecified atom stereocenters. The van der Waals surface area contributed by atoms with Gasteiger partial charge < -0.3 is 29.6 Å². The van der Waals surface area contributed by atoms with Crippen molar-refractivity contribution in [2.45, 2.75) is 69.1 Å². The lowest BCUT2D eigenvalue weighted by Gasteiger charge is -2.32. The zero-order chi connectivity index (χ0) is 30.4. The summed E-state index contributed by atoms with van der Waals surface area (Å²) >= 11 is 0. The highest BCUT2D eigenvalue weighted by molar-refractivity contribution is 5.92. The number of halogens is 5. The van der Waals surface area contributed by atoms with Gasteiger partial charge in [0.2, 0.25) is 11.8 Å². The number of nitrogens with one attached hydrogen (secondary N) is 1. The van der Waals surface area contributed by atoms with E-state index < -0.39 is 60.9 Å². The third-order valence-corrected chi connectivity index (χ3v) is 7.95. The molecule has 0 spiro atoms. The van der Waals surface area contributed by atoms with Gasteiger partial charge in [-0.1, -0.05) is 18.1 Å². The van der Waals surface area contributed by atoms with Crippen molar-refractivity contribution < 1.29 is 45.2 Å². The molecule has 1 aliphatic heterocycles. The van der Waals surface area contributed by atoms with Crippen LogP contribution in [0.4, 0.5) is 26.7 Å². The van der Waals surface area contributed by atoms with E-state index in [2.05, 4.69) is 10.1 Å². The molecule has 15 heteroatoms. The van der Waals surface area contributed by atoms with Gasteiger partial charge in [-0.25, -0.2) is 18.6 Å². The highest BCUT2D eigenvalue weighted by Crippen LogP contribution is 2.47. The highest BCUT2D eigenvalue weighted by atomic mass is 19.4. The second-order valence-corrected chi connectivity index (χ2v) is 10.7. The number of aromatic nitrogens is 2. The van der Waals surface area contributed by atoms with Crippen molar-refractivity contribution in [1.82, 2.24) is 20.4 Å². The molecule has 10 nitrogen and oxygen atoms in total. The van der Waals surface area contributed by atoms with Crippen LogP contribution >= 0.6 is 0 Å². The number of carbonyl (C=O) groups excluding carboxylic acids is 2. The van der Waals surface area contributed by atoms with Gasteiger partial charge in [-0.05, 0) is 42.9 Å². The first-order valence-corrected chi connectivity index (χ1v) is 13.5. The summed E-state index contributed by atoms with van der Waals surface area (Å²) in [5, 5.41) is 5.76. The Kier molecular flexibility index (Phi) is 7.89. The number of ether oxygens (including phenoxy) is 1. The SMILES string of the molecule is CCc1c(C(N)=O)noc1C(c1nc2cc(C(COC)N3CC(C(F)(F)F)NC3=O)ccc2o1)C1CCCC(F)(F)C1. The van der Waals surface area contributed by atoms with Crippen LogP contribution in [0.1, 0.15) is 77.8 Å². The Morgan fingerprint density at radius 3 is 2.71 bits per heavy atom. The third-order valence-electron chi connectivity index (χ3n) is 7.95. The van der Waals surface area contributed by atoms with Gasteiger partial charge in [-0.2, -0.15) is 13.2 Å². The van der Waals surface area contributed by atoms with E-state index in [4.69, 9.17) is 19.4 Å². The quantitative estimate of drug-likeness (QED) is 0.328. The van der Waals surface area contributed by atoms with Crippen LogP contribution in [0.3, 0.4) is 0 Å². The number of amides is 3. The minimum atomic E-state index is -4.62. The Balaban J connectivity index is 1.55. The Labute approximate surface area is 236 Å². The number of methoxy groups -OCH3 is 1. The average Bonchev–Trinajstić information content (AvgIpc) is 3.63. The van der Waals surface area contributed by atoms with Crippen LogP contribution in [-0.4, -0.2) is 65.4 Å². The van der Waals surface area contributed by atoms with Crippen LogP contribution in [0.15, 0.2) is 27.1 Å². The van der Waals surface area contributed by atoms with Crippen LogP contribution < -0.4 is 11.1 Å². The summed E-state index contributed by atoms with van der Waals surface area (Å²) in [6.07, 6.45) is -4.37. The van der Waals surface area contributed by atoms with Crippen molar-refractivity contribution in [3.05, 3.63) is 46.7 Å². The van der Waals surface area contributed by atoms with E-state index in [1.54, 1.807) is 25.1 Å². The molecule has 2 aromatic heterocycles. The van der Waals surface area contributed by atoms with E-state index in [0.717, 1.165) is 4.90 Å². The van der Waals surface area contributed by atoms with Crippen LogP contribution in [0, 0.1) is 5.92 Å². The standard InChI is InChI=1S/C27H30F5N5O5/c1-3-15-21(23(33)38)36-42-22(15)20(14-5-4-8-26(28,29)10-14)24-34-16-9-13(6-7-18(16)41-24)17(12-40-2)37-11-19(27(30,31)32)35-25(37)39/h6-7,9,14,17,19-20H,3-5,8,10-12H2,1-2H3,(H2,33,38)(H,35,39). The number of urea groups is 1. The summed E-state index contributed by atoms with van der Waals surface area (Å²) in [5.74, 6) is -5.07. The predicted octanol–water partition coefficient (Wildman–Crippen LogP) is 5.08. The first-order valence-electron chi connectivity index (χ1n) is 13.5. The third kappa shape index (κ3) is 5.65. The predicted molar refractivity (Wildman–Crippen MR) is 137 cm³/mol. The number of primary amides is 1. The van der Waals surface area contributed by atoms with Crippen molar-refractivity contribution in [3.8, 4) is 0 Å². The van der Waals surface area contributed by atoms with E-state index in [-0.39, 0.29) is 54.3 Å². The monoisotopic (exact) mass is 599 g/mol. The van der Waals surface area contributed by atoms with Crippen molar-refractivity contribution in [2.24, 2.45) is 11.7 Å². The van der Waals surface area contributed by atoms with Gasteiger partial charge in [-0.15, -0.1) is 0 Å². The second-order valence-electron chi connectivity index (χ2n) is 10.7. The lowest BCUT2D eigenvalue weighted by atomic mass is 9.76. The minimum Gasteiger partial charge on any atom is -0.440 e. The summed E-state index contributed by atoms with van der Waals surface area (Å²) in [7, 11) is 1.36. The Morgan fingerprint density at radius 2 is 2.10 bits per heavy atom. The Bertz CT molecular complexity index is 1470. The van der Waals surface area contributed by atoms with E-state index >= 15 is 0 Å². The Morgan fingerprint density at radius 1 is 1.33 bits per heavy atom. The topological polar surface area (TPSA) is 137 Å². The maximum Gasteiger partial charge on any atom is 0.410 e. The van der Waals surface area contributed by atoms with E-state index in [0.29, 0.717) is 17.5 Å². The summed E-state index contributed by atoms with van der Waals surface area (Å²) in [6.45, 7) is 1.05. The number of hydrogen-bond acceptors (Lipinski definition) is 7. The molecule has 5 rings (SSSR count). The van der Waals surface area contributed by atoms with Gasteiger partial charge in [0.15, 0.2) is 17.0 Å². The normalized spacial score (nSPS) is 22.4. The molecular formula is C27H30F5N5O5. The van der Waals surface area contributed by atoms with Crippen LogP contribution in [0.2, 0.25) is 0 Å². The molecule has 3 amide bonds. The lowest BCUT2D eigenvalue weighted by Crippen LogP contribution is -2.40. The first-order chi connectivity index (χ1) is 19.8. The molecule has 1 aromatic carbocycles. The van der Waals surface area contributed by atoms with Crippen molar-refractivity contribution in [1.29, 1.82) is 0 Å². The lowest BCUT2D eigenvalue weighted by molar-refractivity contribution is -0.150. The van der Waals surface area contributed by atoms with Crippen LogP contribution in [0.25, 0.3) is 11.1 Å². The van der Waals surface area contributed by atoms with Crippen LogP contribution in [0.5, 0.6) is 0 Å². The smallest absolute Gasteiger partial charge is 0.410 e. The molecule has 3 heterocycles. The van der Waals surface area contributed by atoms with Crippen molar-refractivity contribution in [3.63, 3.8) is 0 Å². The molecule has 2 aliphatic rings. The van der Waals surface area contributed by atoms with Crippen molar-refractivity contribution in [2.75, 3.05) is 20.3 Å². The molecule has 3 aromatic rings. The number of hydrogen-bond donors (Lipinski definition) is 2. The largest absolute Gasteiger partial charge is 0.440 e. The molecule has 2 fully saturated rings. The molecule has 1 saturated carbocycles.